The Labute approximate surface area is 101 Å². The van der Waals surface area contributed by atoms with Gasteiger partial charge in [0.05, 0.1) is 5.56 Å². The molecule has 0 aliphatic heterocycles. The maximum absolute atomic E-state index is 12.2. The second kappa shape index (κ2) is 4.32. The van der Waals surface area contributed by atoms with Gasteiger partial charge in [0.25, 0.3) is 5.89 Å². The van der Waals surface area contributed by atoms with Crippen LogP contribution >= 0.6 is 0 Å². The molecule has 0 unspecified atom stereocenters. The standard InChI is InChI=1S/C11H10F3N3O/c1-6-3-2-4-7(9(6)15)10-16-8(17-18-10)5-11(12,13)14/h2-4H,5,15H2,1H3. The minimum atomic E-state index is -4.36. The van der Waals surface area contributed by atoms with E-state index in [1.165, 1.54) is 0 Å². The number of nitrogens with two attached hydrogens (primary N) is 1. The van der Waals surface area contributed by atoms with Crippen LogP contribution in [0.3, 0.4) is 0 Å². The smallest absolute Gasteiger partial charge is 0.396 e. The zero-order chi connectivity index (χ0) is 13.3. The van der Waals surface area contributed by atoms with Crippen LogP contribution in [0.15, 0.2) is 22.7 Å². The second-order valence-corrected chi connectivity index (χ2v) is 3.84. The number of hydrogen-bond donors (Lipinski definition) is 1. The van der Waals surface area contributed by atoms with Crippen LogP contribution in [0.25, 0.3) is 11.5 Å². The first-order chi connectivity index (χ1) is 8.37. The van der Waals surface area contributed by atoms with Crippen LogP contribution in [0, 0.1) is 6.92 Å². The third-order valence-corrected chi connectivity index (χ3v) is 2.38. The number of hydrogen-bond acceptors (Lipinski definition) is 4. The Balaban J connectivity index is 2.33. The molecule has 0 aliphatic rings. The molecule has 2 aromatic rings. The van der Waals surface area contributed by atoms with Crippen LogP contribution < -0.4 is 5.73 Å². The molecule has 18 heavy (non-hydrogen) atoms. The van der Waals surface area contributed by atoms with Crippen molar-refractivity contribution in [3.8, 4) is 11.5 Å². The van der Waals surface area contributed by atoms with E-state index >= 15 is 0 Å². The van der Waals surface area contributed by atoms with Gasteiger partial charge in [-0.05, 0) is 18.6 Å². The summed E-state index contributed by atoms with van der Waals surface area (Å²) in [4.78, 5) is 3.69. The van der Waals surface area contributed by atoms with Crippen molar-refractivity contribution in [1.82, 2.24) is 10.1 Å². The maximum atomic E-state index is 12.2. The normalized spacial score (nSPS) is 11.8. The molecular formula is C11H10F3N3O. The van der Waals surface area contributed by atoms with Crippen molar-refractivity contribution in [3.63, 3.8) is 0 Å². The van der Waals surface area contributed by atoms with Gasteiger partial charge in [0, 0.05) is 5.69 Å². The highest BCUT2D eigenvalue weighted by molar-refractivity contribution is 5.72. The van der Waals surface area contributed by atoms with Gasteiger partial charge in [0.2, 0.25) is 0 Å². The fourth-order valence-electron chi connectivity index (χ4n) is 1.48. The molecule has 0 amide bonds. The zero-order valence-corrected chi connectivity index (χ0v) is 9.45. The highest BCUT2D eigenvalue weighted by atomic mass is 19.4. The van der Waals surface area contributed by atoms with Crippen LogP contribution in [0.4, 0.5) is 18.9 Å². The SMILES string of the molecule is Cc1cccc(-c2nc(CC(F)(F)F)no2)c1N. The van der Waals surface area contributed by atoms with E-state index in [1.807, 2.05) is 0 Å². The predicted molar refractivity (Wildman–Crippen MR) is 58.6 cm³/mol. The topological polar surface area (TPSA) is 64.9 Å². The van der Waals surface area contributed by atoms with Gasteiger partial charge in [-0.15, -0.1) is 0 Å². The molecule has 0 aliphatic carbocycles. The van der Waals surface area contributed by atoms with Gasteiger partial charge in [-0.1, -0.05) is 17.3 Å². The molecule has 0 fully saturated rings. The number of para-hydroxylation sites is 1. The molecule has 4 nitrogen and oxygen atoms in total. The average Bonchev–Trinajstić information content (AvgIpc) is 2.68. The van der Waals surface area contributed by atoms with Crippen molar-refractivity contribution < 1.29 is 17.7 Å². The summed E-state index contributed by atoms with van der Waals surface area (Å²) in [6.45, 7) is 1.78. The van der Waals surface area contributed by atoms with Crippen LogP contribution in [-0.4, -0.2) is 16.3 Å². The fourth-order valence-corrected chi connectivity index (χ4v) is 1.48. The molecule has 0 radical (unpaired) electrons. The first kappa shape index (κ1) is 12.4. The number of nitrogen functional groups attached to an aromatic ring is 1. The van der Waals surface area contributed by atoms with E-state index in [4.69, 9.17) is 10.3 Å². The quantitative estimate of drug-likeness (QED) is 0.840. The van der Waals surface area contributed by atoms with Gasteiger partial charge in [-0.3, -0.25) is 0 Å². The van der Waals surface area contributed by atoms with Crippen molar-refractivity contribution in [3.05, 3.63) is 29.6 Å². The largest absolute Gasteiger partial charge is 0.398 e. The van der Waals surface area contributed by atoms with E-state index in [0.717, 1.165) is 5.56 Å². The van der Waals surface area contributed by atoms with Gasteiger partial charge in [-0.25, -0.2) is 0 Å². The zero-order valence-electron chi connectivity index (χ0n) is 9.45. The molecule has 2 rings (SSSR count). The fraction of sp³-hybridized carbons (Fsp3) is 0.273. The molecule has 0 saturated carbocycles. The van der Waals surface area contributed by atoms with Gasteiger partial charge in [-0.2, -0.15) is 18.2 Å². The van der Waals surface area contributed by atoms with Crippen molar-refractivity contribution in [2.45, 2.75) is 19.5 Å². The van der Waals surface area contributed by atoms with Crippen LogP contribution in [0.5, 0.6) is 0 Å². The Hall–Kier alpha value is -2.05. The molecule has 7 heteroatoms. The summed E-state index contributed by atoms with van der Waals surface area (Å²) in [5, 5.41) is 3.29. The van der Waals surface area contributed by atoms with Crippen LogP contribution in [0.2, 0.25) is 0 Å². The molecule has 0 spiro atoms. The highest BCUT2D eigenvalue weighted by Crippen LogP contribution is 2.28. The highest BCUT2D eigenvalue weighted by Gasteiger charge is 2.30. The van der Waals surface area contributed by atoms with E-state index < -0.39 is 18.4 Å². The molecule has 1 aromatic carbocycles. The Bertz CT molecular complexity index is 563. The molecule has 2 N–H and O–H groups in total. The summed E-state index contributed by atoms with van der Waals surface area (Å²) in [6, 6.07) is 5.12. The summed E-state index contributed by atoms with van der Waals surface area (Å²) < 4.78 is 41.2. The van der Waals surface area contributed by atoms with E-state index in [1.54, 1.807) is 25.1 Å². The summed E-state index contributed by atoms with van der Waals surface area (Å²) in [5.41, 5.74) is 7.45. The maximum Gasteiger partial charge on any atom is 0.396 e. The third-order valence-electron chi connectivity index (χ3n) is 2.38. The Morgan fingerprint density at radius 3 is 2.72 bits per heavy atom. The van der Waals surface area contributed by atoms with Crippen molar-refractivity contribution in [2.75, 3.05) is 5.73 Å². The first-order valence-electron chi connectivity index (χ1n) is 5.11. The number of nitrogens with zero attached hydrogens (tertiary/aromatic N) is 2. The van der Waals surface area contributed by atoms with Crippen molar-refractivity contribution in [1.29, 1.82) is 0 Å². The lowest BCUT2D eigenvalue weighted by Crippen LogP contribution is -2.12. The summed E-state index contributed by atoms with van der Waals surface area (Å²) in [7, 11) is 0. The number of anilines is 1. The number of benzene rings is 1. The lowest BCUT2D eigenvalue weighted by Gasteiger charge is -2.03. The van der Waals surface area contributed by atoms with Gasteiger partial charge in [0.1, 0.15) is 6.42 Å². The summed E-state index contributed by atoms with van der Waals surface area (Å²) in [6.07, 6.45) is -5.58. The molecule has 96 valence electrons. The minimum Gasteiger partial charge on any atom is -0.398 e. The molecule has 0 saturated heterocycles. The van der Waals surface area contributed by atoms with E-state index in [-0.39, 0.29) is 5.89 Å². The first-order valence-corrected chi connectivity index (χ1v) is 5.11. The van der Waals surface area contributed by atoms with Crippen LogP contribution in [-0.2, 0) is 6.42 Å². The Morgan fingerprint density at radius 1 is 1.33 bits per heavy atom. The number of rotatable bonds is 2. The van der Waals surface area contributed by atoms with E-state index in [2.05, 4.69) is 10.1 Å². The number of halogens is 3. The monoisotopic (exact) mass is 257 g/mol. The summed E-state index contributed by atoms with van der Waals surface area (Å²) >= 11 is 0. The van der Waals surface area contributed by atoms with Gasteiger partial charge >= 0.3 is 6.18 Å². The molecule has 1 aromatic heterocycles. The molecule has 0 bridgehead atoms. The Kier molecular flexibility index (Phi) is 2.98. The predicted octanol–water partition coefficient (Wildman–Crippen LogP) is 2.73. The lowest BCUT2D eigenvalue weighted by atomic mass is 10.1. The van der Waals surface area contributed by atoms with E-state index in [9.17, 15) is 13.2 Å². The molecule has 1 heterocycles. The minimum absolute atomic E-state index is 0.00421. The number of aryl methyl sites for hydroxylation is 1. The average molecular weight is 257 g/mol. The van der Waals surface area contributed by atoms with Crippen molar-refractivity contribution in [2.24, 2.45) is 0 Å². The molecule has 0 atom stereocenters. The number of alkyl halides is 3. The lowest BCUT2D eigenvalue weighted by molar-refractivity contribution is -0.128. The molecular weight excluding hydrogens is 247 g/mol. The van der Waals surface area contributed by atoms with Gasteiger partial charge in [0.15, 0.2) is 5.82 Å². The van der Waals surface area contributed by atoms with E-state index in [0.29, 0.717) is 11.3 Å². The number of aromatic nitrogens is 2. The third kappa shape index (κ3) is 2.61. The summed E-state index contributed by atoms with van der Waals surface area (Å²) in [5.74, 6) is -0.408. The van der Waals surface area contributed by atoms with Crippen LogP contribution in [0.1, 0.15) is 11.4 Å². The Morgan fingerprint density at radius 2 is 2.06 bits per heavy atom. The van der Waals surface area contributed by atoms with Crippen molar-refractivity contribution >= 4 is 5.69 Å². The second-order valence-electron chi connectivity index (χ2n) is 3.84. The van der Waals surface area contributed by atoms with Gasteiger partial charge < -0.3 is 10.3 Å².